The highest BCUT2D eigenvalue weighted by Gasteiger charge is 2.16. The monoisotopic (exact) mass is 608 g/mol. The van der Waals surface area contributed by atoms with Crippen LogP contribution in [0.25, 0.3) is 86.9 Å². The van der Waals surface area contributed by atoms with Crippen molar-refractivity contribution < 1.29 is 0 Å². The van der Waals surface area contributed by atoms with E-state index >= 15 is 0 Å². The molecule has 0 aliphatic carbocycles. The smallest absolute Gasteiger partial charge is 0.00262 e. The first kappa shape index (κ1) is 28.0. The maximum Gasteiger partial charge on any atom is -0.00262 e. The Bertz CT molecular complexity index is 2490. The molecule has 224 valence electrons. The van der Waals surface area contributed by atoms with Crippen molar-refractivity contribution in [3.8, 4) is 22.3 Å². The molecule has 10 aromatic carbocycles. The van der Waals surface area contributed by atoms with E-state index in [1.807, 2.05) is 0 Å². The van der Waals surface area contributed by atoms with Gasteiger partial charge in [-0.15, -0.1) is 0 Å². The number of fused-ring (bicyclic) bond motifs is 6. The third-order valence-corrected chi connectivity index (χ3v) is 9.62. The Balaban J connectivity index is 0.000000186. The van der Waals surface area contributed by atoms with Gasteiger partial charge in [-0.25, -0.2) is 0 Å². The summed E-state index contributed by atoms with van der Waals surface area (Å²) in [4.78, 5) is 0. The van der Waals surface area contributed by atoms with Gasteiger partial charge in [0.05, 0.1) is 0 Å². The fraction of sp³-hybridized carbons (Fsp3) is 0. The van der Waals surface area contributed by atoms with Crippen LogP contribution < -0.4 is 0 Å². The van der Waals surface area contributed by atoms with Crippen molar-refractivity contribution >= 4 is 64.6 Å². The summed E-state index contributed by atoms with van der Waals surface area (Å²) < 4.78 is 0. The van der Waals surface area contributed by atoms with E-state index < -0.39 is 0 Å². The molecule has 0 heterocycles. The van der Waals surface area contributed by atoms with Gasteiger partial charge in [0.2, 0.25) is 0 Å². The molecule has 0 nitrogen and oxygen atoms in total. The Morgan fingerprint density at radius 3 is 0.750 bits per heavy atom. The zero-order valence-corrected chi connectivity index (χ0v) is 26.5. The van der Waals surface area contributed by atoms with Gasteiger partial charge in [-0.1, -0.05) is 170 Å². The largest absolute Gasteiger partial charge is 0.0616 e. The number of benzene rings is 10. The van der Waals surface area contributed by atoms with Crippen molar-refractivity contribution in [3.63, 3.8) is 0 Å². The van der Waals surface area contributed by atoms with Crippen LogP contribution in [0.1, 0.15) is 0 Å². The lowest BCUT2D eigenvalue weighted by molar-refractivity contribution is 1.68. The second kappa shape index (κ2) is 11.8. The first-order chi connectivity index (χ1) is 23.8. The highest BCUT2D eigenvalue weighted by molar-refractivity contribution is 6.22. The molecule has 0 saturated heterocycles. The molecule has 0 fully saturated rings. The molecule has 0 heteroatoms. The van der Waals surface area contributed by atoms with Crippen molar-refractivity contribution in [1.82, 2.24) is 0 Å². The third-order valence-electron chi connectivity index (χ3n) is 9.62. The topological polar surface area (TPSA) is 0 Å². The van der Waals surface area contributed by atoms with Crippen LogP contribution in [0, 0.1) is 0 Å². The first-order valence-corrected chi connectivity index (χ1v) is 16.6. The van der Waals surface area contributed by atoms with E-state index in [4.69, 9.17) is 0 Å². The molecular weight excluding hydrogens is 577 g/mol. The molecular formula is C48H32. The van der Waals surface area contributed by atoms with Crippen LogP contribution in [0.15, 0.2) is 194 Å². The summed E-state index contributed by atoms with van der Waals surface area (Å²) in [5, 5.41) is 15.5. The summed E-state index contributed by atoms with van der Waals surface area (Å²) >= 11 is 0. The zero-order chi connectivity index (χ0) is 31.9. The van der Waals surface area contributed by atoms with Crippen LogP contribution in [0.5, 0.6) is 0 Å². The van der Waals surface area contributed by atoms with Crippen LogP contribution in [0.3, 0.4) is 0 Å². The molecule has 10 aromatic rings. The summed E-state index contributed by atoms with van der Waals surface area (Å²) in [6.07, 6.45) is 0. The van der Waals surface area contributed by atoms with Crippen molar-refractivity contribution in [2.45, 2.75) is 0 Å². The average Bonchev–Trinajstić information content (AvgIpc) is 3.16. The second-order valence-corrected chi connectivity index (χ2v) is 12.5. The maximum atomic E-state index is 2.33. The standard InChI is InChI=1S/C34H22.C14H10/c1-3-11-25-21-27(19-17-23(25)9-1)33-29-13-5-7-15-31(29)34(32-16-8-6-14-30(32)33)28-20-18-24-10-2-4-12-26(24)22-28;1-2-6-12-10-14-8-4-3-7-13(14)9-11(12)5-1/h1-22H;1-10H. The summed E-state index contributed by atoms with van der Waals surface area (Å²) in [7, 11) is 0. The van der Waals surface area contributed by atoms with E-state index in [1.54, 1.807) is 0 Å². The molecule has 0 unspecified atom stereocenters. The minimum atomic E-state index is 1.26. The van der Waals surface area contributed by atoms with Gasteiger partial charge < -0.3 is 0 Å². The fourth-order valence-electron chi connectivity index (χ4n) is 7.32. The Morgan fingerprint density at radius 2 is 0.438 bits per heavy atom. The Kier molecular flexibility index (Phi) is 6.91. The van der Waals surface area contributed by atoms with E-state index in [0.717, 1.165) is 0 Å². The van der Waals surface area contributed by atoms with E-state index in [9.17, 15) is 0 Å². The minimum absolute atomic E-state index is 1.26. The predicted molar refractivity (Wildman–Crippen MR) is 209 cm³/mol. The lowest BCUT2D eigenvalue weighted by atomic mass is 9.85. The molecule has 0 radical (unpaired) electrons. The summed E-state index contributed by atoms with van der Waals surface area (Å²) in [5.74, 6) is 0. The van der Waals surface area contributed by atoms with Gasteiger partial charge in [-0.05, 0) is 111 Å². The molecule has 48 heavy (non-hydrogen) atoms. The minimum Gasteiger partial charge on any atom is -0.0616 e. The Labute approximate surface area is 280 Å². The molecule has 0 atom stereocenters. The van der Waals surface area contributed by atoms with Crippen LogP contribution in [-0.2, 0) is 0 Å². The maximum absolute atomic E-state index is 2.33. The molecule has 0 aliphatic heterocycles. The predicted octanol–water partition coefficient (Wildman–Crippen LogP) is 13.6. The summed E-state index contributed by atoms with van der Waals surface area (Å²) in [6.45, 7) is 0. The summed E-state index contributed by atoms with van der Waals surface area (Å²) in [5.41, 5.74) is 5.13. The van der Waals surface area contributed by atoms with Gasteiger partial charge >= 0.3 is 0 Å². The van der Waals surface area contributed by atoms with Crippen molar-refractivity contribution in [1.29, 1.82) is 0 Å². The van der Waals surface area contributed by atoms with E-state index in [1.165, 1.54) is 86.9 Å². The molecule has 0 N–H and O–H groups in total. The van der Waals surface area contributed by atoms with Crippen LogP contribution in [0.4, 0.5) is 0 Å². The molecule has 0 bridgehead atoms. The van der Waals surface area contributed by atoms with Crippen molar-refractivity contribution in [2.24, 2.45) is 0 Å². The number of rotatable bonds is 2. The highest BCUT2D eigenvalue weighted by atomic mass is 14.2. The zero-order valence-electron chi connectivity index (χ0n) is 26.5. The van der Waals surface area contributed by atoms with Gasteiger partial charge in [0.15, 0.2) is 0 Å². The van der Waals surface area contributed by atoms with Gasteiger partial charge in [0, 0.05) is 0 Å². The van der Waals surface area contributed by atoms with Gasteiger partial charge in [0.1, 0.15) is 0 Å². The van der Waals surface area contributed by atoms with Crippen LogP contribution >= 0.6 is 0 Å². The third kappa shape index (κ3) is 4.96. The molecule has 0 aromatic heterocycles. The average molecular weight is 609 g/mol. The second-order valence-electron chi connectivity index (χ2n) is 12.5. The molecule has 0 spiro atoms. The van der Waals surface area contributed by atoms with Crippen LogP contribution in [0.2, 0.25) is 0 Å². The Morgan fingerprint density at radius 1 is 0.188 bits per heavy atom. The van der Waals surface area contributed by atoms with E-state index in [2.05, 4.69) is 194 Å². The van der Waals surface area contributed by atoms with E-state index in [0.29, 0.717) is 0 Å². The van der Waals surface area contributed by atoms with E-state index in [-0.39, 0.29) is 0 Å². The number of hydrogen-bond acceptors (Lipinski definition) is 0. The van der Waals surface area contributed by atoms with Crippen molar-refractivity contribution in [3.05, 3.63) is 194 Å². The molecule has 0 amide bonds. The highest BCUT2D eigenvalue weighted by Crippen LogP contribution is 2.44. The molecule has 0 aliphatic rings. The summed E-state index contributed by atoms with van der Waals surface area (Å²) in [6, 6.07) is 70.0. The fourth-order valence-corrected chi connectivity index (χ4v) is 7.32. The number of hydrogen-bond donors (Lipinski definition) is 0. The quantitative estimate of drug-likeness (QED) is 0.171. The van der Waals surface area contributed by atoms with Gasteiger partial charge in [-0.3, -0.25) is 0 Å². The van der Waals surface area contributed by atoms with Crippen molar-refractivity contribution in [2.75, 3.05) is 0 Å². The lowest BCUT2D eigenvalue weighted by Gasteiger charge is -2.18. The first-order valence-electron chi connectivity index (χ1n) is 16.6. The molecule has 0 saturated carbocycles. The van der Waals surface area contributed by atoms with Gasteiger partial charge in [-0.2, -0.15) is 0 Å². The van der Waals surface area contributed by atoms with Gasteiger partial charge in [0.25, 0.3) is 0 Å². The Hall–Kier alpha value is -6.24. The molecule has 10 rings (SSSR count). The SMILES string of the molecule is c1ccc2cc(-c3c4ccccc4c(-c4ccc5ccccc5c4)c4ccccc34)ccc2c1.c1ccc2cc3ccccc3cc2c1. The lowest BCUT2D eigenvalue weighted by Crippen LogP contribution is -1.91. The van der Waals surface area contributed by atoms with Crippen LogP contribution in [-0.4, -0.2) is 0 Å². The normalized spacial score (nSPS) is 11.3.